The summed E-state index contributed by atoms with van der Waals surface area (Å²) in [6.07, 6.45) is 1.76. The molecule has 0 aliphatic heterocycles. The molecule has 1 amide bonds. The van der Waals surface area contributed by atoms with Crippen LogP contribution in [0.2, 0.25) is 0 Å². The molecule has 0 N–H and O–H groups in total. The topological polar surface area (TPSA) is 38.8 Å². The van der Waals surface area contributed by atoms with Gasteiger partial charge in [-0.15, -0.1) is 0 Å². The molecule has 0 spiro atoms. The van der Waals surface area contributed by atoms with Gasteiger partial charge in [0.1, 0.15) is 11.4 Å². The van der Waals surface area contributed by atoms with Gasteiger partial charge in [-0.3, -0.25) is 0 Å². The van der Waals surface area contributed by atoms with Gasteiger partial charge in [-0.2, -0.15) is 0 Å². The zero-order chi connectivity index (χ0) is 17.6. The number of ether oxygens (including phenoxy) is 2. The second kappa shape index (κ2) is 8.23. The number of methoxy groups -OCH3 is 1. The molecule has 1 aromatic carbocycles. The van der Waals surface area contributed by atoms with Crippen molar-refractivity contribution in [2.24, 2.45) is 0 Å². The summed E-state index contributed by atoms with van der Waals surface area (Å²) in [5.74, 6) is 0.848. The Balaban J connectivity index is 2.99. The smallest absolute Gasteiger partial charge is 0.410 e. The van der Waals surface area contributed by atoms with Crippen LogP contribution in [0.4, 0.5) is 4.79 Å². The van der Waals surface area contributed by atoms with Crippen molar-refractivity contribution >= 4 is 6.09 Å². The van der Waals surface area contributed by atoms with Gasteiger partial charge in [0.05, 0.1) is 7.11 Å². The maximum atomic E-state index is 12.5. The van der Waals surface area contributed by atoms with Gasteiger partial charge in [-0.05, 0) is 69.9 Å². The minimum Gasteiger partial charge on any atom is -0.497 e. The van der Waals surface area contributed by atoms with Crippen molar-refractivity contribution < 1.29 is 14.3 Å². The molecule has 0 aliphatic rings. The Morgan fingerprint density at radius 3 is 2.17 bits per heavy atom. The molecular formula is C19H31NO3. The maximum Gasteiger partial charge on any atom is 0.410 e. The van der Waals surface area contributed by atoms with Crippen molar-refractivity contribution in [3.05, 3.63) is 28.8 Å². The van der Waals surface area contributed by atoms with E-state index in [-0.39, 0.29) is 6.09 Å². The minimum absolute atomic E-state index is 0.249. The lowest BCUT2D eigenvalue weighted by atomic mass is 10.0. The third kappa shape index (κ3) is 6.12. The van der Waals surface area contributed by atoms with Crippen LogP contribution in [-0.2, 0) is 11.3 Å². The van der Waals surface area contributed by atoms with Crippen molar-refractivity contribution in [1.29, 1.82) is 0 Å². The summed E-state index contributed by atoms with van der Waals surface area (Å²) in [6.45, 7) is 13.2. The number of nitrogens with zero attached hydrogens (tertiary/aromatic N) is 1. The van der Waals surface area contributed by atoms with Crippen molar-refractivity contribution in [2.75, 3.05) is 13.7 Å². The predicted molar refractivity (Wildman–Crippen MR) is 94.0 cm³/mol. The van der Waals surface area contributed by atoms with Gasteiger partial charge in [0.2, 0.25) is 0 Å². The van der Waals surface area contributed by atoms with Gasteiger partial charge in [0.25, 0.3) is 0 Å². The highest BCUT2D eigenvalue weighted by Gasteiger charge is 2.23. The Morgan fingerprint density at radius 1 is 1.17 bits per heavy atom. The number of hydrogen-bond donors (Lipinski definition) is 0. The highest BCUT2D eigenvalue weighted by Crippen LogP contribution is 2.24. The van der Waals surface area contributed by atoms with Crippen LogP contribution < -0.4 is 4.74 Å². The van der Waals surface area contributed by atoms with E-state index in [0.717, 1.165) is 35.3 Å². The van der Waals surface area contributed by atoms with Crippen LogP contribution in [0.5, 0.6) is 5.75 Å². The average molecular weight is 321 g/mol. The molecule has 0 aliphatic carbocycles. The molecule has 0 atom stereocenters. The number of hydrogen-bond acceptors (Lipinski definition) is 3. The van der Waals surface area contributed by atoms with E-state index in [1.807, 2.05) is 32.9 Å². The Bertz CT molecular complexity index is 509. The molecule has 0 heterocycles. The lowest BCUT2D eigenvalue weighted by molar-refractivity contribution is 0.0230. The molecule has 0 fully saturated rings. The van der Waals surface area contributed by atoms with E-state index in [4.69, 9.17) is 9.47 Å². The van der Waals surface area contributed by atoms with E-state index in [9.17, 15) is 4.79 Å². The first-order chi connectivity index (χ1) is 10.7. The lowest BCUT2D eigenvalue weighted by Crippen LogP contribution is -2.37. The number of carbonyl (C=O) groups excluding carboxylic acids is 1. The van der Waals surface area contributed by atoms with Crippen molar-refractivity contribution in [2.45, 2.75) is 66.5 Å². The Hall–Kier alpha value is -1.71. The number of rotatable bonds is 6. The summed E-state index contributed by atoms with van der Waals surface area (Å²) in [4.78, 5) is 14.3. The molecule has 0 unspecified atom stereocenters. The standard InChI is InChI=1S/C19H31NO3/c1-8-9-10-20(18(21)23-19(4,5)6)13-17-14(2)11-16(22-7)12-15(17)3/h11-12H,8-10,13H2,1-7H3. The summed E-state index contributed by atoms with van der Waals surface area (Å²) in [5, 5.41) is 0. The second-order valence-electron chi connectivity index (χ2n) is 7.00. The monoisotopic (exact) mass is 321 g/mol. The quantitative estimate of drug-likeness (QED) is 0.752. The molecule has 4 nitrogen and oxygen atoms in total. The molecule has 1 rings (SSSR count). The van der Waals surface area contributed by atoms with Crippen LogP contribution in [0, 0.1) is 13.8 Å². The average Bonchev–Trinajstić information content (AvgIpc) is 2.43. The predicted octanol–water partition coefficient (Wildman–Crippen LogP) is 4.85. The van der Waals surface area contributed by atoms with Gasteiger partial charge < -0.3 is 14.4 Å². The first-order valence-corrected chi connectivity index (χ1v) is 8.30. The number of carbonyl (C=O) groups is 1. The summed E-state index contributed by atoms with van der Waals surface area (Å²) < 4.78 is 10.9. The number of amides is 1. The molecule has 4 heteroatoms. The van der Waals surface area contributed by atoms with E-state index in [1.165, 1.54) is 0 Å². The van der Waals surface area contributed by atoms with E-state index in [2.05, 4.69) is 20.8 Å². The van der Waals surface area contributed by atoms with Crippen LogP contribution >= 0.6 is 0 Å². The van der Waals surface area contributed by atoms with Gasteiger partial charge >= 0.3 is 6.09 Å². The van der Waals surface area contributed by atoms with Crippen LogP contribution in [0.15, 0.2) is 12.1 Å². The zero-order valence-corrected chi connectivity index (χ0v) is 15.7. The highest BCUT2D eigenvalue weighted by atomic mass is 16.6. The van der Waals surface area contributed by atoms with Crippen LogP contribution in [0.25, 0.3) is 0 Å². The second-order valence-corrected chi connectivity index (χ2v) is 7.00. The van der Waals surface area contributed by atoms with E-state index >= 15 is 0 Å². The first kappa shape index (κ1) is 19.3. The number of aryl methyl sites for hydroxylation is 2. The molecule has 1 aromatic rings. The Morgan fingerprint density at radius 2 is 1.74 bits per heavy atom. The minimum atomic E-state index is -0.481. The molecule has 0 saturated heterocycles. The highest BCUT2D eigenvalue weighted by molar-refractivity contribution is 5.68. The normalized spacial score (nSPS) is 11.3. The van der Waals surface area contributed by atoms with Crippen molar-refractivity contribution in [3.63, 3.8) is 0 Å². The fourth-order valence-electron chi connectivity index (χ4n) is 2.42. The molecule has 0 radical (unpaired) electrons. The van der Waals surface area contributed by atoms with Crippen molar-refractivity contribution in [1.82, 2.24) is 4.90 Å². The van der Waals surface area contributed by atoms with Crippen LogP contribution in [0.3, 0.4) is 0 Å². The van der Waals surface area contributed by atoms with Gasteiger partial charge in [0.15, 0.2) is 0 Å². The number of unbranched alkanes of at least 4 members (excludes halogenated alkanes) is 1. The third-order valence-corrected chi connectivity index (χ3v) is 3.69. The summed E-state index contributed by atoms with van der Waals surface area (Å²) in [5.41, 5.74) is 2.94. The summed E-state index contributed by atoms with van der Waals surface area (Å²) in [7, 11) is 1.67. The summed E-state index contributed by atoms with van der Waals surface area (Å²) >= 11 is 0. The van der Waals surface area contributed by atoms with Gasteiger partial charge in [-0.1, -0.05) is 13.3 Å². The van der Waals surface area contributed by atoms with E-state index in [0.29, 0.717) is 13.1 Å². The van der Waals surface area contributed by atoms with E-state index < -0.39 is 5.60 Å². The van der Waals surface area contributed by atoms with Crippen molar-refractivity contribution in [3.8, 4) is 5.75 Å². The third-order valence-electron chi connectivity index (χ3n) is 3.69. The molecule has 0 saturated carbocycles. The maximum absolute atomic E-state index is 12.5. The van der Waals surface area contributed by atoms with Crippen LogP contribution in [0.1, 0.15) is 57.2 Å². The Kier molecular flexibility index (Phi) is 6.92. The fourth-order valence-corrected chi connectivity index (χ4v) is 2.42. The molecule has 23 heavy (non-hydrogen) atoms. The molecule has 0 bridgehead atoms. The molecule has 130 valence electrons. The fraction of sp³-hybridized carbons (Fsp3) is 0.632. The van der Waals surface area contributed by atoms with E-state index in [1.54, 1.807) is 12.0 Å². The summed E-state index contributed by atoms with van der Waals surface area (Å²) in [6, 6.07) is 4.02. The van der Waals surface area contributed by atoms with Crippen LogP contribution in [-0.4, -0.2) is 30.2 Å². The largest absolute Gasteiger partial charge is 0.497 e. The van der Waals surface area contributed by atoms with Gasteiger partial charge in [0, 0.05) is 13.1 Å². The zero-order valence-electron chi connectivity index (χ0n) is 15.7. The molecular weight excluding hydrogens is 290 g/mol. The Labute approximate surface area is 140 Å². The number of benzene rings is 1. The lowest BCUT2D eigenvalue weighted by Gasteiger charge is -2.28. The molecule has 0 aromatic heterocycles. The van der Waals surface area contributed by atoms with Gasteiger partial charge in [-0.25, -0.2) is 4.79 Å². The first-order valence-electron chi connectivity index (χ1n) is 8.30. The SMILES string of the molecule is CCCCN(Cc1c(C)cc(OC)cc1C)C(=O)OC(C)(C)C.